The molecule has 0 fully saturated rings. The molecule has 0 aliphatic rings. The lowest BCUT2D eigenvalue weighted by molar-refractivity contribution is -0.129. The van der Waals surface area contributed by atoms with Crippen molar-refractivity contribution in [3.63, 3.8) is 0 Å². The molecule has 1 aromatic carbocycles. The van der Waals surface area contributed by atoms with E-state index in [-0.39, 0.29) is 11.4 Å². The Morgan fingerprint density at radius 3 is 2.27 bits per heavy atom. The highest BCUT2D eigenvalue weighted by Crippen LogP contribution is 2.16. The van der Waals surface area contributed by atoms with E-state index in [9.17, 15) is 13.2 Å². The fraction of sp³-hybridized carbons (Fsp3) is 0.300. The van der Waals surface area contributed by atoms with Gasteiger partial charge in [-0.25, -0.2) is 8.42 Å². The summed E-state index contributed by atoms with van der Waals surface area (Å²) in [4.78, 5) is 10.2. The highest BCUT2D eigenvalue weighted by Gasteiger charge is 2.23. The van der Waals surface area contributed by atoms with Gasteiger partial charge in [-0.1, -0.05) is 17.7 Å². The first-order valence-corrected chi connectivity index (χ1v) is 5.93. The zero-order chi connectivity index (χ0) is 11.5. The number of hydrogen-bond acceptors (Lipinski definition) is 4. The van der Waals surface area contributed by atoms with Crippen LogP contribution in [0, 0.1) is 6.92 Å². The molecule has 0 saturated heterocycles. The third-order valence-corrected chi connectivity index (χ3v) is 3.95. The van der Waals surface area contributed by atoms with Gasteiger partial charge < -0.3 is 4.74 Å². The molecule has 0 N–H and O–H groups in total. The Labute approximate surface area is 88.8 Å². The van der Waals surface area contributed by atoms with Crippen molar-refractivity contribution >= 4 is 16.3 Å². The summed E-state index contributed by atoms with van der Waals surface area (Å²) in [6.07, 6.45) is 0. The summed E-state index contributed by atoms with van der Waals surface area (Å²) in [6, 6.07) is 6.38. The van der Waals surface area contributed by atoms with Crippen LogP contribution in [0.2, 0.25) is 0 Å². The fourth-order valence-electron chi connectivity index (χ4n) is 1.07. The Morgan fingerprint density at radius 1 is 1.27 bits per heavy atom. The normalized spacial score (nSPS) is 13.2. The lowest BCUT2D eigenvalue weighted by Crippen LogP contribution is -2.20. The molecule has 82 valence electrons. The topological polar surface area (TPSA) is 60.4 Å². The summed E-state index contributed by atoms with van der Waals surface area (Å²) in [5.74, 6) is 0. The van der Waals surface area contributed by atoms with Gasteiger partial charge in [0.05, 0.1) is 4.90 Å². The molecule has 0 spiro atoms. The summed E-state index contributed by atoms with van der Waals surface area (Å²) in [7, 11) is -3.57. The molecule has 1 unspecified atom stereocenters. The van der Waals surface area contributed by atoms with Crippen LogP contribution in [0.3, 0.4) is 0 Å². The molecule has 1 atom stereocenters. The van der Waals surface area contributed by atoms with Crippen LogP contribution in [0.25, 0.3) is 0 Å². The average Bonchev–Trinajstić information content (AvgIpc) is 2.18. The molecule has 0 aliphatic carbocycles. The van der Waals surface area contributed by atoms with Crippen LogP contribution in [0.5, 0.6) is 0 Å². The quantitative estimate of drug-likeness (QED) is 0.728. The van der Waals surface area contributed by atoms with Crippen molar-refractivity contribution in [3.8, 4) is 0 Å². The van der Waals surface area contributed by atoms with Crippen LogP contribution in [0.15, 0.2) is 29.2 Å². The average molecular weight is 228 g/mol. The summed E-state index contributed by atoms with van der Waals surface area (Å²) < 4.78 is 27.9. The summed E-state index contributed by atoms with van der Waals surface area (Å²) in [5, 5.41) is 0. The molecule has 0 bridgehead atoms. The number of carbonyl (C=O) groups is 1. The molecular weight excluding hydrogens is 216 g/mol. The monoisotopic (exact) mass is 228 g/mol. The second-order valence-corrected chi connectivity index (χ2v) is 5.38. The van der Waals surface area contributed by atoms with E-state index in [1.165, 1.54) is 19.1 Å². The van der Waals surface area contributed by atoms with Gasteiger partial charge in [-0.2, -0.15) is 0 Å². The van der Waals surface area contributed by atoms with E-state index in [2.05, 4.69) is 4.74 Å². The number of carbonyl (C=O) groups excluding carboxylic acids is 1. The molecule has 1 rings (SSSR count). The van der Waals surface area contributed by atoms with Crippen molar-refractivity contribution in [3.05, 3.63) is 29.8 Å². The molecule has 5 heteroatoms. The minimum absolute atomic E-state index is 0.135. The Bertz CT molecular complexity index is 433. The first-order valence-electron chi connectivity index (χ1n) is 4.38. The number of hydrogen-bond donors (Lipinski definition) is 0. The lowest BCUT2D eigenvalue weighted by Gasteiger charge is -2.10. The van der Waals surface area contributed by atoms with Crippen LogP contribution >= 0.6 is 0 Å². The third kappa shape index (κ3) is 2.56. The number of benzene rings is 1. The maximum Gasteiger partial charge on any atom is 0.294 e. The highest BCUT2D eigenvalue weighted by atomic mass is 32.2. The van der Waals surface area contributed by atoms with Crippen molar-refractivity contribution in [1.29, 1.82) is 0 Å². The van der Waals surface area contributed by atoms with Crippen LogP contribution in [0.1, 0.15) is 12.5 Å². The molecular formula is C10H12O4S. The molecule has 0 radical (unpaired) electrons. The smallest absolute Gasteiger partial charge is 0.294 e. The first-order chi connectivity index (χ1) is 6.98. The predicted octanol–water partition coefficient (Wildman–Crippen LogP) is 1.29. The van der Waals surface area contributed by atoms with E-state index in [1.54, 1.807) is 12.1 Å². The van der Waals surface area contributed by atoms with Crippen LogP contribution in [0.4, 0.5) is 0 Å². The molecule has 4 nitrogen and oxygen atoms in total. The maximum atomic E-state index is 11.7. The predicted molar refractivity (Wildman–Crippen MR) is 55.0 cm³/mol. The second kappa shape index (κ2) is 4.44. The van der Waals surface area contributed by atoms with Gasteiger partial charge >= 0.3 is 0 Å². The van der Waals surface area contributed by atoms with Crippen LogP contribution in [-0.2, 0) is 19.4 Å². The van der Waals surface area contributed by atoms with E-state index in [4.69, 9.17) is 0 Å². The maximum absolute atomic E-state index is 11.7. The zero-order valence-electron chi connectivity index (χ0n) is 8.51. The fourth-order valence-corrected chi connectivity index (χ4v) is 2.16. The van der Waals surface area contributed by atoms with Crippen molar-refractivity contribution in [1.82, 2.24) is 0 Å². The van der Waals surface area contributed by atoms with Crippen molar-refractivity contribution < 1.29 is 17.9 Å². The second-order valence-electron chi connectivity index (χ2n) is 3.16. The minimum Gasteiger partial charge on any atom is -0.448 e. The number of aryl methyl sites for hydroxylation is 1. The molecule has 15 heavy (non-hydrogen) atoms. The van der Waals surface area contributed by atoms with Gasteiger partial charge in [0.15, 0.2) is 0 Å². The van der Waals surface area contributed by atoms with E-state index in [1.807, 2.05) is 6.92 Å². The molecule has 1 aromatic rings. The van der Waals surface area contributed by atoms with E-state index in [0.717, 1.165) is 5.56 Å². The molecule has 0 saturated carbocycles. The van der Waals surface area contributed by atoms with Gasteiger partial charge in [0, 0.05) is 0 Å². The zero-order valence-corrected chi connectivity index (χ0v) is 9.32. The summed E-state index contributed by atoms with van der Waals surface area (Å²) >= 11 is 0. The van der Waals surface area contributed by atoms with E-state index >= 15 is 0 Å². The van der Waals surface area contributed by atoms with Crippen LogP contribution < -0.4 is 0 Å². The van der Waals surface area contributed by atoms with Gasteiger partial charge in [0.2, 0.25) is 15.3 Å². The first kappa shape index (κ1) is 11.7. The van der Waals surface area contributed by atoms with Crippen molar-refractivity contribution in [2.75, 3.05) is 0 Å². The molecule has 0 aromatic heterocycles. The van der Waals surface area contributed by atoms with E-state index < -0.39 is 15.3 Å². The van der Waals surface area contributed by atoms with Gasteiger partial charge in [0.1, 0.15) is 0 Å². The van der Waals surface area contributed by atoms with E-state index in [0.29, 0.717) is 0 Å². The summed E-state index contributed by atoms with van der Waals surface area (Å²) in [6.45, 7) is 3.32. The van der Waals surface area contributed by atoms with Crippen molar-refractivity contribution in [2.45, 2.75) is 24.2 Å². The van der Waals surface area contributed by atoms with Crippen molar-refractivity contribution in [2.24, 2.45) is 0 Å². The Morgan fingerprint density at radius 2 is 1.80 bits per heavy atom. The van der Waals surface area contributed by atoms with Gasteiger partial charge in [-0.3, -0.25) is 4.79 Å². The Hall–Kier alpha value is -1.36. The lowest BCUT2D eigenvalue weighted by atomic mass is 10.2. The Balaban J connectivity index is 3.06. The largest absolute Gasteiger partial charge is 0.448 e. The summed E-state index contributed by atoms with van der Waals surface area (Å²) in [5.41, 5.74) is -0.185. The Kier molecular flexibility index (Phi) is 3.47. The van der Waals surface area contributed by atoms with Gasteiger partial charge in [-0.15, -0.1) is 0 Å². The SMILES string of the molecule is Cc1ccc(S(=O)(=O)C(C)OC=O)cc1. The van der Waals surface area contributed by atoms with Gasteiger partial charge in [0.25, 0.3) is 6.47 Å². The van der Waals surface area contributed by atoms with Crippen LogP contribution in [-0.4, -0.2) is 20.3 Å². The third-order valence-electron chi connectivity index (χ3n) is 2.03. The van der Waals surface area contributed by atoms with Gasteiger partial charge in [-0.05, 0) is 26.0 Å². The standard InChI is InChI=1S/C10H12O4S/c1-8-3-5-10(6-4-8)15(12,13)9(2)14-7-11/h3-7,9H,1-2H3. The minimum atomic E-state index is -3.57. The number of sulfone groups is 1. The molecule has 0 heterocycles. The molecule has 0 aliphatic heterocycles. The number of rotatable bonds is 4. The molecule has 0 amide bonds. The number of ether oxygens (including phenoxy) is 1. The highest BCUT2D eigenvalue weighted by molar-refractivity contribution is 7.91.